The van der Waals surface area contributed by atoms with Gasteiger partial charge in [0.1, 0.15) is 0 Å². The summed E-state index contributed by atoms with van der Waals surface area (Å²) < 4.78 is 1.72. The van der Waals surface area contributed by atoms with Gasteiger partial charge >= 0.3 is 0 Å². The van der Waals surface area contributed by atoms with Crippen molar-refractivity contribution in [2.24, 2.45) is 10.7 Å². The van der Waals surface area contributed by atoms with Crippen molar-refractivity contribution in [2.75, 3.05) is 6.54 Å². The molecule has 0 aliphatic heterocycles. The summed E-state index contributed by atoms with van der Waals surface area (Å²) in [6.45, 7) is 1.26. The number of hydrogen-bond acceptors (Lipinski definition) is 3. The fraction of sp³-hybridized carbons (Fsp3) is 0.167. The summed E-state index contributed by atoms with van der Waals surface area (Å²) >= 11 is 0. The molecule has 6 heteroatoms. The minimum Gasteiger partial charge on any atom is -0.370 e. The maximum atomic E-state index is 5.92. The second kappa shape index (κ2) is 7.92. The summed E-state index contributed by atoms with van der Waals surface area (Å²) in [5, 5.41) is 7.31. The number of hydrogen-bond donors (Lipinski definition) is 2. The molecule has 1 aromatic carbocycles. The molecule has 0 aliphatic carbocycles. The molecular formula is C18H20N6. The first kappa shape index (κ1) is 15.7. The van der Waals surface area contributed by atoms with E-state index >= 15 is 0 Å². The smallest absolute Gasteiger partial charge is 0.188 e. The van der Waals surface area contributed by atoms with Gasteiger partial charge in [0.05, 0.1) is 6.54 Å². The molecule has 24 heavy (non-hydrogen) atoms. The van der Waals surface area contributed by atoms with Crippen LogP contribution < -0.4 is 11.1 Å². The van der Waals surface area contributed by atoms with Gasteiger partial charge in [-0.05, 0) is 35.7 Å². The Kier molecular flexibility index (Phi) is 5.19. The second-order valence-electron chi connectivity index (χ2n) is 5.34. The first-order chi connectivity index (χ1) is 11.8. The Bertz CT molecular complexity index is 780. The molecule has 2 heterocycles. The lowest BCUT2D eigenvalue weighted by atomic mass is 10.1. The lowest BCUT2D eigenvalue weighted by molar-refractivity contribution is 0.836. The molecule has 3 N–H and O–H groups in total. The standard InChI is InChI=1S/C18H20N6/c19-18(21-11-7-15-5-2-1-3-6-15)22-14-16-8-10-20-17(13-16)24-12-4-9-23-24/h1-6,8-10,12-13H,7,11,14H2,(H3,19,21,22). The van der Waals surface area contributed by atoms with Gasteiger partial charge in [0, 0.05) is 25.1 Å². The number of nitrogens with two attached hydrogens (primary N) is 1. The van der Waals surface area contributed by atoms with E-state index in [9.17, 15) is 0 Å². The maximum Gasteiger partial charge on any atom is 0.188 e. The number of nitrogens with zero attached hydrogens (tertiary/aromatic N) is 4. The highest BCUT2D eigenvalue weighted by molar-refractivity contribution is 5.77. The van der Waals surface area contributed by atoms with E-state index in [1.165, 1.54) is 5.56 Å². The van der Waals surface area contributed by atoms with E-state index in [2.05, 4.69) is 32.5 Å². The van der Waals surface area contributed by atoms with E-state index in [-0.39, 0.29) is 0 Å². The summed E-state index contributed by atoms with van der Waals surface area (Å²) in [6.07, 6.45) is 6.24. The zero-order valence-electron chi connectivity index (χ0n) is 13.3. The molecule has 2 aromatic heterocycles. The highest BCUT2D eigenvalue weighted by Gasteiger charge is 2.00. The Balaban J connectivity index is 1.52. The van der Waals surface area contributed by atoms with Gasteiger partial charge in [-0.15, -0.1) is 0 Å². The van der Waals surface area contributed by atoms with Gasteiger partial charge in [0.25, 0.3) is 0 Å². The zero-order valence-corrected chi connectivity index (χ0v) is 13.3. The number of aliphatic imine (C=N–C) groups is 1. The van der Waals surface area contributed by atoms with Gasteiger partial charge < -0.3 is 11.1 Å². The fourth-order valence-electron chi connectivity index (χ4n) is 2.30. The molecular weight excluding hydrogens is 300 g/mol. The number of benzene rings is 1. The molecule has 0 fully saturated rings. The lowest BCUT2D eigenvalue weighted by Gasteiger charge is -2.06. The summed E-state index contributed by atoms with van der Waals surface area (Å²) in [7, 11) is 0. The summed E-state index contributed by atoms with van der Waals surface area (Å²) in [4.78, 5) is 8.67. The van der Waals surface area contributed by atoms with Gasteiger partial charge in [0.2, 0.25) is 0 Å². The van der Waals surface area contributed by atoms with E-state index in [1.54, 1.807) is 17.1 Å². The van der Waals surface area contributed by atoms with Crippen molar-refractivity contribution in [3.05, 3.63) is 78.2 Å². The molecule has 0 radical (unpaired) electrons. The average molecular weight is 320 g/mol. The van der Waals surface area contributed by atoms with Crippen LogP contribution >= 0.6 is 0 Å². The normalized spacial score (nSPS) is 11.4. The predicted octanol–water partition coefficient (Wildman–Crippen LogP) is 1.91. The molecule has 122 valence electrons. The van der Waals surface area contributed by atoms with E-state index in [1.807, 2.05) is 42.6 Å². The third-order valence-corrected chi connectivity index (χ3v) is 3.54. The number of rotatable bonds is 6. The van der Waals surface area contributed by atoms with Crippen LogP contribution in [0.15, 0.2) is 72.1 Å². The molecule has 6 nitrogen and oxygen atoms in total. The molecule has 0 bridgehead atoms. The van der Waals surface area contributed by atoms with Crippen molar-refractivity contribution in [1.29, 1.82) is 0 Å². The van der Waals surface area contributed by atoms with Crippen LogP contribution in [0.25, 0.3) is 5.82 Å². The van der Waals surface area contributed by atoms with Crippen molar-refractivity contribution < 1.29 is 0 Å². The summed E-state index contributed by atoms with van der Waals surface area (Å²) in [5.74, 6) is 1.21. The van der Waals surface area contributed by atoms with Crippen LogP contribution in [0.4, 0.5) is 0 Å². The van der Waals surface area contributed by atoms with Crippen LogP contribution in [0.1, 0.15) is 11.1 Å². The SMILES string of the molecule is NC(=NCc1ccnc(-n2cccn2)c1)NCCc1ccccc1. The highest BCUT2D eigenvalue weighted by Crippen LogP contribution is 2.07. The molecule has 3 rings (SSSR count). The maximum absolute atomic E-state index is 5.92. The Hall–Kier alpha value is -3.15. The van der Waals surface area contributed by atoms with Gasteiger partial charge in [-0.25, -0.2) is 14.7 Å². The Morgan fingerprint density at radius 3 is 2.75 bits per heavy atom. The van der Waals surface area contributed by atoms with Crippen LogP contribution in [-0.4, -0.2) is 27.3 Å². The first-order valence-electron chi connectivity index (χ1n) is 7.84. The molecule has 0 saturated carbocycles. The summed E-state index contributed by atoms with van der Waals surface area (Å²) in [5.41, 5.74) is 8.23. The van der Waals surface area contributed by atoms with Crippen molar-refractivity contribution in [2.45, 2.75) is 13.0 Å². The molecule has 0 spiro atoms. The van der Waals surface area contributed by atoms with Crippen molar-refractivity contribution in [3.8, 4) is 5.82 Å². The van der Waals surface area contributed by atoms with Crippen molar-refractivity contribution in [1.82, 2.24) is 20.1 Å². The number of pyridine rings is 1. The lowest BCUT2D eigenvalue weighted by Crippen LogP contribution is -2.33. The number of guanidine groups is 1. The van der Waals surface area contributed by atoms with Gasteiger partial charge in [0.15, 0.2) is 11.8 Å². The number of aromatic nitrogens is 3. The van der Waals surface area contributed by atoms with E-state index in [0.29, 0.717) is 12.5 Å². The quantitative estimate of drug-likeness (QED) is 0.537. The third kappa shape index (κ3) is 4.42. The van der Waals surface area contributed by atoms with Gasteiger partial charge in [-0.1, -0.05) is 30.3 Å². The minimum atomic E-state index is 0.448. The van der Waals surface area contributed by atoms with Crippen LogP contribution in [0, 0.1) is 0 Å². The molecule has 0 amide bonds. The monoisotopic (exact) mass is 320 g/mol. The molecule has 3 aromatic rings. The average Bonchev–Trinajstić information content (AvgIpc) is 3.16. The van der Waals surface area contributed by atoms with E-state index in [0.717, 1.165) is 24.3 Å². The zero-order chi connectivity index (χ0) is 16.6. The predicted molar refractivity (Wildman–Crippen MR) is 94.8 cm³/mol. The molecule has 0 saturated heterocycles. The molecule has 0 atom stereocenters. The third-order valence-electron chi connectivity index (χ3n) is 3.54. The van der Waals surface area contributed by atoms with Crippen LogP contribution in [0.2, 0.25) is 0 Å². The Morgan fingerprint density at radius 1 is 1.08 bits per heavy atom. The first-order valence-corrected chi connectivity index (χ1v) is 7.84. The second-order valence-corrected chi connectivity index (χ2v) is 5.34. The van der Waals surface area contributed by atoms with E-state index < -0.39 is 0 Å². The highest BCUT2D eigenvalue weighted by atomic mass is 15.3. The number of nitrogens with one attached hydrogen (secondary N) is 1. The summed E-state index contributed by atoms with van der Waals surface area (Å²) in [6, 6.07) is 16.0. The van der Waals surface area contributed by atoms with Crippen molar-refractivity contribution in [3.63, 3.8) is 0 Å². The Labute approximate surface area is 141 Å². The topological polar surface area (TPSA) is 81.1 Å². The van der Waals surface area contributed by atoms with Crippen LogP contribution in [-0.2, 0) is 13.0 Å². The van der Waals surface area contributed by atoms with Gasteiger partial charge in [-0.3, -0.25) is 0 Å². The largest absolute Gasteiger partial charge is 0.370 e. The van der Waals surface area contributed by atoms with Gasteiger partial charge in [-0.2, -0.15) is 5.10 Å². The fourth-order valence-corrected chi connectivity index (χ4v) is 2.30. The Morgan fingerprint density at radius 2 is 1.96 bits per heavy atom. The molecule has 0 unspecified atom stereocenters. The van der Waals surface area contributed by atoms with Crippen LogP contribution in [0.5, 0.6) is 0 Å². The minimum absolute atomic E-state index is 0.448. The van der Waals surface area contributed by atoms with E-state index in [4.69, 9.17) is 5.73 Å². The van der Waals surface area contributed by atoms with Crippen LogP contribution in [0.3, 0.4) is 0 Å². The molecule has 0 aliphatic rings. The van der Waals surface area contributed by atoms with Crippen molar-refractivity contribution >= 4 is 5.96 Å².